The SMILES string of the molecule is COCCNC(=O)CSc1ccccc1C(=O)NC(C)Cc1ccc(Br)cc1. The molecule has 0 bridgehead atoms. The molecule has 0 aromatic heterocycles. The van der Waals surface area contributed by atoms with Crippen LogP contribution >= 0.6 is 27.7 Å². The van der Waals surface area contributed by atoms with Crippen molar-refractivity contribution in [2.24, 2.45) is 0 Å². The van der Waals surface area contributed by atoms with Crippen LogP contribution in [0.5, 0.6) is 0 Å². The molecule has 0 fully saturated rings. The van der Waals surface area contributed by atoms with Crippen molar-refractivity contribution in [2.75, 3.05) is 26.0 Å². The first-order chi connectivity index (χ1) is 13.5. The van der Waals surface area contributed by atoms with Gasteiger partial charge in [0, 0.05) is 29.1 Å². The van der Waals surface area contributed by atoms with E-state index in [0.29, 0.717) is 18.7 Å². The minimum atomic E-state index is -0.132. The van der Waals surface area contributed by atoms with Gasteiger partial charge in [0.25, 0.3) is 5.91 Å². The van der Waals surface area contributed by atoms with E-state index in [0.717, 1.165) is 21.4 Å². The molecule has 1 atom stereocenters. The van der Waals surface area contributed by atoms with Crippen LogP contribution in [0.2, 0.25) is 0 Å². The standard InChI is InChI=1S/C21H25BrN2O3S/c1-15(13-16-7-9-17(22)10-8-16)24-21(26)18-5-3-4-6-19(18)28-14-20(25)23-11-12-27-2/h3-10,15H,11-14H2,1-2H3,(H,23,25)(H,24,26). The number of hydrogen-bond donors (Lipinski definition) is 2. The number of carbonyl (C=O) groups excluding carboxylic acids is 2. The van der Waals surface area contributed by atoms with E-state index in [2.05, 4.69) is 26.6 Å². The molecule has 1 unspecified atom stereocenters. The topological polar surface area (TPSA) is 67.4 Å². The van der Waals surface area contributed by atoms with Crippen LogP contribution < -0.4 is 10.6 Å². The second-order valence-electron chi connectivity index (χ2n) is 6.33. The largest absolute Gasteiger partial charge is 0.383 e. The molecule has 0 radical (unpaired) electrons. The average molecular weight is 465 g/mol. The Morgan fingerprint density at radius 1 is 1.14 bits per heavy atom. The van der Waals surface area contributed by atoms with Crippen molar-refractivity contribution in [2.45, 2.75) is 24.3 Å². The monoisotopic (exact) mass is 464 g/mol. The number of benzene rings is 2. The summed E-state index contributed by atoms with van der Waals surface area (Å²) in [5.41, 5.74) is 1.74. The molecule has 2 amide bonds. The minimum absolute atomic E-state index is 0.0101. The Morgan fingerprint density at radius 2 is 1.86 bits per heavy atom. The lowest BCUT2D eigenvalue weighted by molar-refractivity contribution is -0.118. The predicted octanol–water partition coefficient (Wildman–Crippen LogP) is 3.66. The third-order valence-corrected chi connectivity index (χ3v) is 5.55. The molecule has 0 aliphatic heterocycles. The van der Waals surface area contributed by atoms with Crippen LogP contribution in [0.1, 0.15) is 22.8 Å². The van der Waals surface area contributed by atoms with Crippen LogP contribution in [-0.4, -0.2) is 43.9 Å². The normalized spacial score (nSPS) is 11.7. The van der Waals surface area contributed by atoms with Gasteiger partial charge in [0.15, 0.2) is 0 Å². The number of nitrogens with one attached hydrogen (secondary N) is 2. The highest BCUT2D eigenvalue weighted by Gasteiger charge is 2.15. The summed E-state index contributed by atoms with van der Waals surface area (Å²) in [7, 11) is 1.59. The van der Waals surface area contributed by atoms with Gasteiger partial charge in [0.1, 0.15) is 0 Å². The van der Waals surface area contributed by atoms with E-state index in [1.165, 1.54) is 11.8 Å². The number of amides is 2. The number of ether oxygens (including phenoxy) is 1. The summed E-state index contributed by atoms with van der Waals surface area (Å²) < 4.78 is 5.95. The van der Waals surface area contributed by atoms with Gasteiger partial charge >= 0.3 is 0 Å². The molecule has 2 aromatic rings. The molecule has 0 saturated carbocycles. The summed E-state index contributed by atoms with van der Waals surface area (Å²) in [6.45, 7) is 2.94. The molecular formula is C21H25BrN2O3S. The van der Waals surface area contributed by atoms with E-state index >= 15 is 0 Å². The van der Waals surface area contributed by atoms with E-state index in [-0.39, 0.29) is 23.6 Å². The lowest BCUT2D eigenvalue weighted by Gasteiger charge is -2.16. The maximum absolute atomic E-state index is 12.7. The Kier molecular flexibility index (Phi) is 9.54. The summed E-state index contributed by atoms with van der Waals surface area (Å²) in [6.07, 6.45) is 0.746. The first-order valence-corrected chi connectivity index (χ1v) is 10.8. The van der Waals surface area contributed by atoms with Crippen LogP contribution in [0.15, 0.2) is 57.9 Å². The fourth-order valence-electron chi connectivity index (χ4n) is 2.59. The molecule has 28 heavy (non-hydrogen) atoms. The number of rotatable bonds is 10. The van der Waals surface area contributed by atoms with E-state index in [4.69, 9.17) is 4.74 Å². The van der Waals surface area contributed by atoms with Crippen LogP contribution in [0.25, 0.3) is 0 Å². The van der Waals surface area contributed by atoms with Crippen LogP contribution in [-0.2, 0) is 16.0 Å². The predicted molar refractivity (Wildman–Crippen MR) is 117 cm³/mol. The molecular weight excluding hydrogens is 440 g/mol. The molecule has 0 saturated heterocycles. The molecule has 150 valence electrons. The molecule has 0 heterocycles. The van der Waals surface area contributed by atoms with Gasteiger partial charge in [-0.2, -0.15) is 0 Å². The molecule has 0 aliphatic carbocycles. The van der Waals surface area contributed by atoms with E-state index in [9.17, 15) is 9.59 Å². The smallest absolute Gasteiger partial charge is 0.252 e. The Balaban J connectivity index is 1.92. The molecule has 0 aliphatic rings. The fraction of sp³-hybridized carbons (Fsp3) is 0.333. The molecule has 5 nitrogen and oxygen atoms in total. The minimum Gasteiger partial charge on any atom is -0.383 e. The van der Waals surface area contributed by atoms with Gasteiger partial charge in [-0.15, -0.1) is 11.8 Å². The molecule has 0 spiro atoms. The molecule has 2 N–H and O–H groups in total. The summed E-state index contributed by atoms with van der Waals surface area (Å²) in [5, 5.41) is 5.83. The fourth-order valence-corrected chi connectivity index (χ4v) is 3.74. The zero-order valence-corrected chi connectivity index (χ0v) is 18.4. The van der Waals surface area contributed by atoms with E-state index < -0.39 is 0 Å². The summed E-state index contributed by atoms with van der Waals surface area (Å²) >= 11 is 4.78. The lowest BCUT2D eigenvalue weighted by Crippen LogP contribution is -2.34. The van der Waals surface area contributed by atoms with Crippen molar-refractivity contribution in [3.63, 3.8) is 0 Å². The van der Waals surface area contributed by atoms with Gasteiger partial charge < -0.3 is 15.4 Å². The third-order valence-electron chi connectivity index (χ3n) is 3.95. The second-order valence-corrected chi connectivity index (χ2v) is 8.27. The van der Waals surface area contributed by atoms with Crippen molar-refractivity contribution < 1.29 is 14.3 Å². The number of halogens is 1. The second kappa shape index (κ2) is 11.9. The van der Waals surface area contributed by atoms with Gasteiger partial charge in [0.05, 0.1) is 17.9 Å². The highest BCUT2D eigenvalue weighted by molar-refractivity contribution is 9.10. The quantitative estimate of drug-likeness (QED) is 0.415. The lowest BCUT2D eigenvalue weighted by atomic mass is 10.1. The highest BCUT2D eigenvalue weighted by Crippen LogP contribution is 2.22. The van der Waals surface area contributed by atoms with Gasteiger partial charge in [-0.3, -0.25) is 9.59 Å². The third kappa shape index (κ3) is 7.66. The summed E-state index contributed by atoms with van der Waals surface area (Å²) in [6, 6.07) is 15.4. The van der Waals surface area contributed by atoms with E-state index in [1.807, 2.05) is 49.4 Å². The van der Waals surface area contributed by atoms with Crippen molar-refractivity contribution in [1.82, 2.24) is 10.6 Å². The van der Waals surface area contributed by atoms with Crippen molar-refractivity contribution in [3.05, 3.63) is 64.1 Å². The van der Waals surface area contributed by atoms with Crippen molar-refractivity contribution >= 4 is 39.5 Å². The van der Waals surface area contributed by atoms with E-state index in [1.54, 1.807) is 13.2 Å². The van der Waals surface area contributed by atoms with Crippen LogP contribution in [0.3, 0.4) is 0 Å². The van der Waals surface area contributed by atoms with Crippen molar-refractivity contribution in [1.29, 1.82) is 0 Å². The Morgan fingerprint density at radius 3 is 2.57 bits per heavy atom. The Hall–Kier alpha value is -1.83. The maximum atomic E-state index is 12.7. The summed E-state index contributed by atoms with van der Waals surface area (Å²) in [4.78, 5) is 25.4. The van der Waals surface area contributed by atoms with Gasteiger partial charge in [0.2, 0.25) is 5.91 Å². The molecule has 7 heteroatoms. The molecule has 2 rings (SSSR count). The van der Waals surface area contributed by atoms with Crippen LogP contribution in [0.4, 0.5) is 0 Å². The average Bonchev–Trinajstić information content (AvgIpc) is 2.68. The van der Waals surface area contributed by atoms with Crippen molar-refractivity contribution in [3.8, 4) is 0 Å². The van der Waals surface area contributed by atoms with Gasteiger partial charge in [-0.1, -0.05) is 40.2 Å². The van der Waals surface area contributed by atoms with Crippen LogP contribution in [0, 0.1) is 0 Å². The number of carbonyl (C=O) groups is 2. The first kappa shape index (κ1) is 22.5. The number of hydrogen-bond acceptors (Lipinski definition) is 4. The van der Waals surface area contributed by atoms with Gasteiger partial charge in [-0.25, -0.2) is 0 Å². The zero-order valence-electron chi connectivity index (χ0n) is 16.0. The van der Waals surface area contributed by atoms with Gasteiger partial charge in [-0.05, 0) is 43.2 Å². The summed E-state index contributed by atoms with van der Waals surface area (Å²) in [5.74, 6) is 0.0380. The number of methoxy groups -OCH3 is 1. The number of thioether (sulfide) groups is 1. The maximum Gasteiger partial charge on any atom is 0.252 e. The zero-order chi connectivity index (χ0) is 20.4. The molecule has 2 aromatic carbocycles. The first-order valence-electron chi connectivity index (χ1n) is 9.02. The highest BCUT2D eigenvalue weighted by atomic mass is 79.9. The Labute approximate surface area is 178 Å². The Bertz CT molecular complexity index is 783.